The highest BCUT2D eigenvalue weighted by atomic mass is 16.5. The molecule has 6 nitrogen and oxygen atoms in total. The smallest absolute Gasteiger partial charge is 0.248 e. The summed E-state index contributed by atoms with van der Waals surface area (Å²) in [5, 5.41) is 0. The van der Waals surface area contributed by atoms with Gasteiger partial charge in [-0.2, -0.15) is 0 Å². The number of amides is 1. The fraction of sp³-hybridized carbons (Fsp3) is 0.733. The third-order valence-corrected chi connectivity index (χ3v) is 4.27. The lowest BCUT2D eigenvalue weighted by Crippen LogP contribution is -2.41. The van der Waals surface area contributed by atoms with Crippen LogP contribution in [0.2, 0.25) is 0 Å². The number of carbonyl (C=O) groups is 1. The van der Waals surface area contributed by atoms with Gasteiger partial charge in [0, 0.05) is 38.9 Å². The SMILES string of the molecule is COCC(=O)N1Cc2ncn(CC3CC3)c2C(COC)C1. The van der Waals surface area contributed by atoms with Crippen molar-refractivity contribution >= 4 is 5.91 Å². The predicted molar refractivity (Wildman–Crippen MR) is 76.9 cm³/mol. The van der Waals surface area contributed by atoms with E-state index in [2.05, 4.69) is 9.55 Å². The van der Waals surface area contributed by atoms with Crippen LogP contribution < -0.4 is 0 Å². The van der Waals surface area contributed by atoms with E-state index in [0.29, 0.717) is 19.7 Å². The largest absolute Gasteiger partial charge is 0.384 e. The van der Waals surface area contributed by atoms with Crippen molar-refractivity contribution in [1.82, 2.24) is 14.5 Å². The first-order valence-electron chi connectivity index (χ1n) is 7.52. The molecule has 0 N–H and O–H groups in total. The fourth-order valence-corrected chi connectivity index (χ4v) is 3.08. The highest BCUT2D eigenvalue weighted by Gasteiger charge is 2.33. The Labute approximate surface area is 125 Å². The van der Waals surface area contributed by atoms with E-state index in [-0.39, 0.29) is 18.4 Å². The zero-order valence-electron chi connectivity index (χ0n) is 12.7. The minimum Gasteiger partial charge on any atom is -0.384 e. The number of fused-ring (bicyclic) bond motifs is 1. The second kappa shape index (κ2) is 6.15. The van der Waals surface area contributed by atoms with E-state index in [4.69, 9.17) is 9.47 Å². The van der Waals surface area contributed by atoms with Gasteiger partial charge in [-0.3, -0.25) is 4.79 Å². The van der Waals surface area contributed by atoms with Crippen molar-refractivity contribution in [2.75, 3.05) is 34.0 Å². The highest BCUT2D eigenvalue weighted by Crippen LogP contribution is 2.34. The van der Waals surface area contributed by atoms with Crippen molar-refractivity contribution in [2.45, 2.75) is 31.8 Å². The number of rotatable bonds is 6. The van der Waals surface area contributed by atoms with E-state index in [1.807, 2.05) is 11.2 Å². The van der Waals surface area contributed by atoms with E-state index in [1.54, 1.807) is 14.2 Å². The summed E-state index contributed by atoms with van der Waals surface area (Å²) >= 11 is 0. The molecule has 2 heterocycles. The maximum Gasteiger partial charge on any atom is 0.248 e. The Kier molecular flexibility index (Phi) is 4.26. The Morgan fingerprint density at radius 2 is 2.19 bits per heavy atom. The predicted octanol–water partition coefficient (Wildman–Crippen LogP) is 1.01. The molecule has 1 unspecified atom stereocenters. The minimum atomic E-state index is 0.0148. The molecular weight excluding hydrogens is 270 g/mol. The van der Waals surface area contributed by atoms with Gasteiger partial charge in [-0.15, -0.1) is 0 Å². The Bertz CT molecular complexity index is 510. The summed E-state index contributed by atoms with van der Waals surface area (Å²) in [7, 11) is 3.25. The van der Waals surface area contributed by atoms with Gasteiger partial charge in [0.1, 0.15) is 6.61 Å². The van der Waals surface area contributed by atoms with Crippen LogP contribution in [-0.2, 0) is 27.4 Å². The molecule has 0 spiro atoms. The normalized spacial score (nSPS) is 21.4. The van der Waals surface area contributed by atoms with Gasteiger partial charge >= 0.3 is 0 Å². The maximum absolute atomic E-state index is 12.1. The molecule has 21 heavy (non-hydrogen) atoms. The molecule has 1 aliphatic heterocycles. The van der Waals surface area contributed by atoms with Gasteiger partial charge in [0.25, 0.3) is 0 Å². The summed E-state index contributed by atoms with van der Waals surface area (Å²) < 4.78 is 12.6. The molecule has 1 aliphatic carbocycles. The van der Waals surface area contributed by atoms with Crippen molar-refractivity contribution in [3.05, 3.63) is 17.7 Å². The molecule has 0 saturated heterocycles. The number of carbonyl (C=O) groups excluding carboxylic acids is 1. The van der Waals surface area contributed by atoms with E-state index >= 15 is 0 Å². The summed E-state index contributed by atoms with van der Waals surface area (Å²) in [6.45, 7) is 3.04. The van der Waals surface area contributed by atoms with Crippen LogP contribution in [-0.4, -0.2) is 54.3 Å². The number of hydrogen-bond donors (Lipinski definition) is 0. The van der Waals surface area contributed by atoms with Crippen LogP contribution >= 0.6 is 0 Å². The number of nitrogens with zero attached hydrogens (tertiary/aromatic N) is 3. The van der Waals surface area contributed by atoms with Crippen molar-refractivity contribution in [2.24, 2.45) is 5.92 Å². The Morgan fingerprint density at radius 3 is 2.86 bits per heavy atom. The third kappa shape index (κ3) is 3.11. The summed E-state index contributed by atoms with van der Waals surface area (Å²) in [5.41, 5.74) is 2.26. The van der Waals surface area contributed by atoms with Crippen LogP contribution in [0.3, 0.4) is 0 Å². The van der Waals surface area contributed by atoms with Crippen molar-refractivity contribution in [3.8, 4) is 0 Å². The number of aromatic nitrogens is 2. The molecular formula is C15H23N3O3. The van der Waals surface area contributed by atoms with E-state index in [9.17, 15) is 4.79 Å². The second-order valence-electron chi connectivity index (χ2n) is 6.03. The standard InChI is InChI=1S/C15H23N3O3/c1-20-8-12-6-17(14(19)9-21-2)7-13-15(12)18(10-16-13)5-11-3-4-11/h10-12H,3-9H2,1-2H3. The molecule has 3 rings (SSSR count). The fourth-order valence-electron chi connectivity index (χ4n) is 3.08. The van der Waals surface area contributed by atoms with Crippen LogP contribution in [0.15, 0.2) is 6.33 Å². The van der Waals surface area contributed by atoms with E-state index < -0.39 is 0 Å². The number of methoxy groups -OCH3 is 2. The molecule has 0 radical (unpaired) electrons. The van der Waals surface area contributed by atoms with Gasteiger partial charge in [0.05, 0.1) is 25.2 Å². The van der Waals surface area contributed by atoms with Gasteiger partial charge in [-0.05, 0) is 18.8 Å². The van der Waals surface area contributed by atoms with Gasteiger partial charge < -0.3 is 18.9 Å². The van der Waals surface area contributed by atoms with Gasteiger partial charge in [-0.1, -0.05) is 0 Å². The van der Waals surface area contributed by atoms with Crippen LogP contribution in [0.1, 0.15) is 30.1 Å². The summed E-state index contributed by atoms with van der Waals surface area (Å²) in [5.74, 6) is 1.02. The molecule has 0 aromatic carbocycles. The molecule has 2 aliphatic rings. The zero-order valence-corrected chi connectivity index (χ0v) is 12.7. The summed E-state index contributed by atoms with van der Waals surface area (Å²) in [6, 6.07) is 0. The summed E-state index contributed by atoms with van der Waals surface area (Å²) in [6.07, 6.45) is 4.57. The molecule has 1 amide bonds. The maximum atomic E-state index is 12.1. The first-order chi connectivity index (χ1) is 10.2. The first kappa shape index (κ1) is 14.5. The van der Waals surface area contributed by atoms with Crippen LogP contribution in [0, 0.1) is 5.92 Å². The average Bonchev–Trinajstić information content (AvgIpc) is 3.19. The van der Waals surface area contributed by atoms with Crippen molar-refractivity contribution in [3.63, 3.8) is 0 Å². The second-order valence-corrected chi connectivity index (χ2v) is 6.03. The number of hydrogen-bond acceptors (Lipinski definition) is 4. The third-order valence-electron chi connectivity index (χ3n) is 4.27. The molecule has 1 atom stereocenters. The molecule has 1 aromatic heterocycles. The summed E-state index contributed by atoms with van der Waals surface area (Å²) in [4.78, 5) is 18.4. The highest BCUT2D eigenvalue weighted by molar-refractivity contribution is 5.77. The molecule has 1 fully saturated rings. The topological polar surface area (TPSA) is 56.6 Å². The lowest BCUT2D eigenvalue weighted by Gasteiger charge is -2.33. The van der Waals surface area contributed by atoms with Crippen LogP contribution in [0.5, 0.6) is 0 Å². The zero-order chi connectivity index (χ0) is 14.8. The van der Waals surface area contributed by atoms with Gasteiger partial charge in [-0.25, -0.2) is 4.98 Å². The lowest BCUT2D eigenvalue weighted by molar-refractivity contribution is -0.136. The molecule has 0 bridgehead atoms. The first-order valence-corrected chi connectivity index (χ1v) is 7.52. The monoisotopic (exact) mass is 293 g/mol. The Balaban J connectivity index is 1.81. The minimum absolute atomic E-state index is 0.0148. The Morgan fingerprint density at radius 1 is 1.38 bits per heavy atom. The molecule has 116 valence electrons. The number of imidazole rings is 1. The van der Waals surface area contributed by atoms with Crippen LogP contribution in [0.4, 0.5) is 0 Å². The molecule has 6 heteroatoms. The van der Waals surface area contributed by atoms with E-state index in [0.717, 1.165) is 18.2 Å². The van der Waals surface area contributed by atoms with Crippen molar-refractivity contribution < 1.29 is 14.3 Å². The van der Waals surface area contributed by atoms with E-state index in [1.165, 1.54) is 18.5 Å². The number of ether oxygens (including phenoxy) is 2. The van der Waals surface area contributed by atoms with Gasteiger partial charge in [0.15, 0.2) is 0 Å². The van der Waals surface area contributed by atoms with Gasteiger partial charge in [0.2, 0.25) is 5.91 Å². The average molecular weight is 293 g/mol. The molecule has 1 aromatic rings. The molecule has 1 saturated carbocycles. The van der Waals surface area contributed by atoms with Crippen LogP contribution in [0.25, 0.3) is 0 Å². The lowest BCUT2D eigenvalue weighted by atomic mass is 9.98. The van der Waals surface area contributed by atoms with Crippen molar-refractivity contribution in [1.29, 1.82) is 0 Å². The quantitative estimate of drug-likeness (QED) is 0.785. The Hall–Kier alpha value is -1.40.